The van der Waals surface area contributed by atoms with Crippen LogP contribution in [-0.4, -0.2) is 48.2 Å². The van der Waals surface area contributed by atoms with Crippen LogP contribution in [0.25, 0.3) is 0 Å². The van der Waals surface area contributed by atoms with E-state index in [1.807, 2.05) is 0 Å². The van der Waals surface area contributed by atoms with Crippen LogP contribution in [0.1, 0.15) is 28.8 Å². The average molecular weight is 399 g/mol. The van der Waals surface area contributed by atoms with E-state index in [9.17, 15) is 19.1 Å². The maximum atomic E-state index is 13.0. The van der Waals surface area contributed by atoms with Crippen molar-refractivity contribution in [2.75, 3.05) is 20.2 Å². The van der Waals surface area contributed by atoms with Crippen LogP contribution in [0.5, 0.6) is 11.5 Å². The highest BCUT2D eigenvalue weighted by molar-refractivity contribution is 5.94. The molecule has 2 aromatic carbocycles. The molecule has 0 saturated carbocycles. The Bertz CT molecular complexity index is 907. The molecular weight excluding hydrogens is 377 g/mol. The van der Waals surface area contributed by atoms with Crippen molar-refractivity contribution in [1.82, 2.24) is 10.3 Å². The molecule has 0 bridgehead atoms. The number of carbonyl (C=O) groups excluding carboxylic acids is 2. The Hall–Kier alpha value is -3.42. The number of hydrogen-bond acceptors (Lipinski definition) is 5. The molecule has 2 aromatic rings. The second-order valence-electron chi connectivity index (χ2n) is 6.71. The lowest BCUT2D eigenvalue weighted by atomic mass is 9.95. The van der Waals surface area contributed by atoms with Gasteiger partial charge in [0.25, 0.3) is 5.91 Å². The van der Waals surface area contributed by atoms with Crippen molar-refractivity contribution in [1.29, 1.82) is 0 Å². The molecule has 0 aliphatic carbocycles. The zero-order chi connectivity index (χ0) is 20.8. The molecule has 1 aliphatic rings. The summed E-state index contributed by atoms with van der Waals surface area (Å²) in [6, 6.07) is 10.4. The second-order valence-corrected chi connectivity index (χ2v) is 6.71. The number of nitrogens with zero attached hydrogens (tertiary/aromatic N) is 2. The van der Waals surface area contributed by atoms with Gasteiger partial charge < -0.3 is 14.7 Å². The van der Waals surface area contributed by atoms with E-state index in [4.69, 9.17) is 4.74 Å². The molecule has 0 spiro atoms. The minimum Gasteiger partial charge on any atom is -0.504 e. The molecule has 152 valence electrons. The Balaban J connectivity index is 1.51. The number of likely N-dealkylation sites (tertiary alicyclic amines) is 1. The third-order valence-corrected chi connectivity index (χ3v) is 4.87. The number of hydrazone groups is 1. The summed E-state index contributed by atoms with van der Waals surface area (Å²) in [7, 11) is 1.45. The highest BCUT2D eigenvalue weighted by atomic mass is 19.1. The van der Waals surface area contributed by atoms with Crippen LogP contribution >= 0.6 is 0 Å². The van der Waals surface area contributed by atoms with E-state index in [2.05, 4.69) is 10.5 Å². The summed E-state index contributed by atoms with van der Waals surface area (Å²) in [5.41, 5.74) is 3.33. The fourth-order valence-electron chi connectivity index (χ4n) is 3.18. The van der Waals surface area contributed by atoms with Crippen LogP contribution < -0.4 is 10.2 Å². The van der Waals surface area contributed by atoms with E-state index in [0.29, 0.717) is 42.8 Å². The second kappa shape index (κ2) is 9.18. The molecule has 7 nitrogen and oxygen atoms in total. The van der Waals surface area contributed by atoms with Crippen LogP contribution in [0.2, 0.25) is 0 Å². The van der Waals surface area contributed by atoms with Crippen molar-refractivity contribution in [2.24, 2.45) is 11.0 Å². The van der Waals surface area contributed by atoms with Crippen molar-refractivity contribution in [3.05, 3.63) is 59.4 Å². The van der Waals surface area contributed by atoms with Gasteiger partial charge in [-0.3, -0.25) is 9.59 Å². The third kappa shape index (κ3) is 4.90. The molecule has 8 heteroatoms. The number of para-hydroxylation sites is 1. The first-order valence-electron chi connectivity index (χ1n) is 9.23. The Kier molecular flexibility index (Phi) is 6.43. The molecule has 1 heterocycles. The number of halogens is 1. The summed E-state index contributed by atoms with van der Waals surface area (Å²) in [6.07, 6.45) is 2.38. The standard InChI is InChI=1S/C21H22FN3O4/c1-29-18-4-2-3-16(19(18)26)13-23-24-20(27)14-9-11-25(12-10-14)21(28)15-5-7-17(22)8-6-15/h2-8,13-14,26H,9-12H2,1H3,(H,24,27)/b23-13-. The van der Waals surface area contributed by atoms with Crippen molar-refractivity contribution in [3.63, 3.8) is 0 Å². The number of benzene rings is 2. The van der Waals surface area contributed by atoms with E-state index in [1.165, 1.54) is 37.6 Å². The predicted octanol–water partition coefficient (Wildman–Crippen LogP) is 2.54. The van der Waals surface area contributed by atoms with Crippen LogP contribution in [0, 0.1) is 11.7 Å². The Morgan fingerprint density at radius 1 is 1.21 bits per heavy atom. The summed E-state index contributed by atoms with van der Waals surface area (Å²) in [5, 5.41) is 13.9. The van der Waals surface area contributed by atoms with Crippen molar-refractivity contribution >= 4 is 18.0 Å². The fourth-order valence-corrected chi connectivity index (χ4v) is 3.18. The number of phenols is 1. The molecule has 2 N–H and O–H groups in total. The number of piperidine rings is 1. The van der Waals surface area contributed by atoms with Gasteiger partial charge in [0, 0.05) is 30.1 Å². The van der Waals surface area contributed by atoms with Crippen LogP contribution in [0.15, 0.2) is 47.6 Å². The largest absolute Gasteiger partial charge is 0.504 e. The number of hydrogen-bond donors (Lipinski definition) is 2. The zero-order valence-corrected chi connectivity index (χ0v) is 16.0. The van der Waals surface area contributed by atoms with Gasteiger partial charge in [-0.25, -0.2) is 9.82 Å². The molecule has 3 rings (SSSR count). The molecule has 1 aliphatic heterocycles. The third-order valence-electron chi connectivity index (χ3n) is 4.87. The summed E-state index contributed by atoms with van der Waals surface area (Å²) in [6.45, 7) is 0.878. The van der Waals surface area contributed by atoms with Gasteiger partial charge in [0.15, 0.2) is 11.5 Å². The lowest BCUT2D eigenvalue weighted by molar-refractivity contribution is -0.126. The topological polar surface area (TPSA) is 91.2 Å². The van der Waals surface area contributed by atoms with Gasteiger partial charge in [-0.2, -0.15) is 5.10 Å². The molecule has 0 atom stereocenters. The van der Waals surface area contributed by atoms with Crippen LogP contribution in [0.3, 0.4) is 0 Å². The lowest BCUT2D eigenvalue weighted by Gasteiger charge is -2.31. The number of rotatable bonds is 5. The molecule has 2 amide bonds. The van der Waals surface area contributed by atoms with Crippen LogP contribution in [0.4, 0.5) is 4.39 Å². The Labute approximate surface area is 167 Å². The van der Waals surface area contributed by atoms with Crippen molar-refractivity contribution in [2.45, 2.75) is 12.8 Å². The number of methoxy groups -OCH3 is 1. The van der Waals surface area contributed by atoms with Gasteiger partial charge in [0.2, 0.25) is 5.91 Å². The summed E-state index contributed by atoms with van der Waals surface area (Å²) in [5.74, 6) is -0.796. The summed E-state index contributed by atoms with van der Waals surface area (Å²) >= 11 is 0. The van der Waals surface area contributed by atoms with E-state index in [0.717, 1.165) is 0 Å². The monoisotopic (exact) mass is 399 g/mol. The number of ether oxygens (including phenoxy) is 1. The van der Waals surface area contributed by atoms with Crippen LogP contribution in [-0.2, 0) is 4.79 Å². The van der Waals surface area contributed by atoms with Gasteiger partial charge in [-0.15, -0.1) is 0 Å². The number of aromatic hydroxyl groups is 1. The van der Waals surface area contributed by atoms with Gasteiger partial charge in [0.05, 0.1) is 13.3 Å². The molecule has 29 heavy (non-hydrogen) atoms. The smallest absolute Gasteiger partial charge is 0.253 e. The van der Waals surface area contributed by atoms with Crippen molar-refractivity contribution in [3.8, 4) is 11.5 Å². The fraction of sp³-hybridized carbons (Fsp3) is 0.286. The minimum absolute atomic E-state index is 0.0550. The first-order chi connectivity index (χ1) is 14.0. The quantitative estimate of drug-likeness (QED) is 0.597. The number of nitrogens with one attached hydrogen (secondary N) is 1. The number of amides is 2. The Morgan fingerprint density at radius 2 is 1.90 bits per heavy atom. The van der Waals surface area contributed by atoms with E-state index in [-0.39, 0.29) is 29.3 Å². The molecule has 0 radical (unpaired) electrons. The summed E-state index contributed by atoms with van der Waals surface area (Å²) in [4.78, 5) is 26.4. The number of carbonyl (C=O) groups is 2. The normalized spacial score (nSPS) is 14.8. The highest BCUT2D eigenvalue weighted by Gasteiger charge is 2.27. The first kappa shape index (κ1) is 20.3. The molecule has 0 aromatic heterocycles. The SMILES string of the molecule is COc1cccc(/C=N\NC(=O)C2CCN(C(=O)c3ccc(F)cc3)CC2)c1O. The molecular formula is C21H22FN3O4. The van der Waals surface area contributed by atoms with Gasteiger partial charge in [-0.1, -0.05) is 6.07 Å². The maximum absolute atomic E-state index is 13.0. The molecule has 1 fully saturated rings. The van der Waals surface area contributed by atoms with Crippen molar-refractivity contribution < 1.29 is 23.8 Å². The highest BCUT2D eigenvalue weighted by Crippen LogP contribution is 2.28. The van der Waals surface area contributed by atoms with E-state index in [1.54, 1.807) is 23.1 Å². The van der Waals surface area contributed by atoms with Gasteiger partial charge in [0.1, 0.15) is 5.82 Å². The Morgan fingerprint density at radius 3 is 2.55 bits per heavy atom. The first-order valence-corrected chi connectivity index (χ1v) is 9.23. The predicted molar refractivity (Wildman–Crippen MR) is 105 cm³/mol. The molecule has 1 saturated heterocycles. The summed E-state index contributed by atoms with van der Waals surface area (Å²) < 4.78 is 18.0. The minimum atomic E-state index is -0.389. The van der Waals surface area contributed by atoms with Gasteiger partial charge in [-0.05, 0) is 49.2 Å². The average Bonchev–Trinajstić information content (AvgIpc) is 2.75. The van der Waals surface area contributed by atoms with E-state index >= 15 is 0 Å². The zero-order valence-electron chi connectivity index (χ0n) is 16.0. The number of phenolic OH excluding ortho intramolecular Hbond substituents is 1. The lowest BCUT2D eigenvalue weighted by Crippen LogP contribution is -2.42. The van der Waals surface area contributed by atoms with Gasteiger partial charge >= 0.3 is 0 Å². The van der Waals surface area contributed by atoms with E-state index < -0.39 is 0 Å². The molecule has 0 unspecified atom stereocenters. The maximum Gasteiger partial charge on any atom is 0.253 e.